The Hall–Kier alpha value is -2.63. The zero-order valence-corrected chi connectivity index (χ0v) is 12.9. The number of benzene rings is 2. The van der Waals surface area contributed by atoms with Gasteiger partial charge >= 0.3 is 0 Å². The lowest BCUT2D eigenvalue weighted by molar-refractivity contribution is -0.116. The summed E-state index contributed by atoms with van der Waals surface area (Å²) in [6, 6.07) is 9.82. The highest BCUT2D eigenvalue weighted by Crippen LogP contribution is 2.24. The van der Waals surface area contributed by atoms with E-state index in [-0.39, 0.29) is 5.91 Å². The predicted octanol–water partition coefficient (Wildman–Crippen LogP) is 3.80. The second-order valence-electron chi connectivity index (χ2n) is 4.91. The summed E-state index contributed by atoms with van der Waals surface area (Å²) in [6.07, 6.45) is 0. The van der Waals surface area contributed by atoms with Crippen molar-refractivity contribution in [2.75, 3.05) is 17.2 Å². The maximum absolute atomic E-state index is 13.2. The molecule has 122 valence electrons. The highest BCUT2D eigenvalue weighted by molar-refractivity contribution is 5.97. The molecule has 1 atom stereocenters. The first-order valence-electron chi connectivity index (χ1n) is 7.25. The van der Waals surface area contributed by atoms with E-state index in [0.717, 1.165) is 12.1 Å². The van der Waals surface area contributed by atoms with Gasteiger partial charge in [0.05, 0.1) is 12.3 Å². The van der Waals surface area contributed by atoms with Gasteiger partial charge in [0, 0.05) is 11.8 Å². The third-order valence-electron chi connectivity index (χ3n) is 3.14. The summed E-state index contributed by atoms with van der Waals surface area (Å²) in [5, 5.41) is 5.57. The number of hydrogen-bond donors (Lipinski definition) is 2. The van der Waals surface area contributed by atoms with Gasteiger partial charge in [-0.25, -0.2) is 8.78 Å². The second kappa shape index (κ2) is 7.58. The van der Waals surface area contributed by atoms with E-state index in [1.54, 1.807) is 25.1 Å². The number of ether oxygens (including phenoxy) is 1. The van der Waals surface area contributed by atoms with Crippen molar-refractivity contribution < 1.29 is 18.3 Å². The van der Waals surface area contributed by atoms with Crippen LogP contribution >= 0.6 is 0 Å². The third-order valence-corrected chi connectivity index (χ3v) is 3.14. The summed E-state index contributed by atoms with van der Waals surface area (Å²) in [7, 11) is 0. The minimum Gasteiger partial charge on any atom is -0.492 e. The van der Waals surface area contributed by atoms with Gasteiger partial charge in [0.15, 0.2) is 11.6 Å². The number of halogens is 2. The van der Waals surface area contributed by atoms with Gasteiger partial charge in [-0.05, 0) is 38.1 Å². The molecule has 1 unspecified atom stereocenters. The molecule has 0 bridgehead atoms. The van der Waals surface area contributed by atoms with E-state index in [1.165, 1.54) is 6.07 Å². The largest absolute Gasteiger partial charge is 0.492 e. The van der Waals surface area contributed by atoms with Gasteiger partial charge in [-0.3, -0.25) is 4.79 Å². The Morgan fingerprint density at radius 1 is 1.17 bits per heavy atom. The van der Waals surface area contributed by atoms with Gasteiger partial charge in [0.25, 0.3) is 0 Å². The highest BCUT2D eigenvalue weighted by atomic mass is 19.2. The summed E-state index contributed by atoms with van der Waals surface area (Å²) >= 11 is 0. The van der Waals surface area contributed by atoms with Crippen molar-refractivity contribution in [3.63, 3.8) is 0 Å². The summed E-state index contributed by atoms with van der Waals surface area (Å²) in [4.78, 5) is 12.2. The lowest BCUT2D eigenvalue weighted by atomic mass is 10.2. The molecule has 0 aliphatic rings. The first kappa shape index (κ1) is 16.7. The standard InChI is InChI=1S/C17H18F2N2O2/c1-3-23-16-7-5-4-6-15(16)21-17(22)11(2)20-12-8-9-13(18)14(19)10-12/h4-11,20H,3H2,1-2H3,(H,21,22). The van der Waals surface area contributed by atoms with Crippen molar-refractivity contribution in [2.45, 2.75) is 19.9 Å². The number of anilines is 2. The Morgan fingerprint density at radius 3 is 2.61 bits per heavy atom. The molecule has 0 aromatic heterocycles. The molecule has 2 rings (SSSR count). The van der Waals surface area contributed by atoms with Gasteiger partial charge in [0.1, 0.15) is 11.8 Å². The molecule has 0 fully saturated rings. The quantitative estimate of drug-likeness (QED) is 0.851. The van der Waals surface area contributed by atoms with E-state index >= 15 is 0 Å². The van der Waals surface area contributed by atoms with Crippen LogP contribution in [0, 0.1) is 11.6 Å². The highest BCUT2D eigenvalue weighted by Gasteiger charge is 2.15. The van der Waals surface area contributed by atoms with E-state index in [1.807, 2.05) is 13.0 Å². The van der Waals surface area contributed by atoms with Gasteiger partial charge in [0.2, 0.25) is 5.91 Å². The van der Waals surface area contributed by atoms with Crippen molar-refractivity contribution in [2.24, 2.45) is 0 Å². The average molecular weight is 320 g/mol. The van der Waals surface area contributed by atoms with Crippen LogP contribution in [-0.2, 0) is 4.79 Å². The molecule has 6 heteroatoms. The molecule has 2 N–H and O–H groups in total. The topological polar surface area (TPSA) is 50.4 Å². The smallest absolute Gasteiger partial charge is 0.246 e. The fourth-order valence-electron chi connectivity index (χ4n) is 1.99. The van der Waals surface area contributed by atoms with Crippen LogP contribution in [0.15, 0.2) is 42.5 Å². The van der Waals surface area contributed by atoms with E-state index in [4.69, 9.17) is 4.74 Å². The number of nitrogens with one attached hydrogen (secondary N) is 2. The predicted molar refractivity (Wildman–Crippen MR) is 85.7 cm³/mol. The van der Waals surface area contributed by atoms with Crippen LogP contribution in [0.2, 0.25) is 0 Å². The van der Waals surface area contributed by atoms with Crippen LogP contribution in [0.5, 0.6) is 5.75 Å². The number of amides is 1. The Bertz CT molecular complexity index is 692. The average Bonchev–Trinajstić information content (AvgIpc) is 2.53. The van der Waals surface area contributed by atoms with Crippen LogP contribution in [0.4, 0.5) is 20.2 Å². The zero-order chi connectivity index (χ0) is 16.8. The first-order valence-corrected chi connectivity index (χ1v) is 7.25. The molecule has 0 radical (unpaired) electrons. The minimum absolute atomic E-state index is 0.318. The Labute approximate surface area is 133 Å². The number of carbonyl (C=O) groups is 1. The molecule has 23 heavy (non-hydrogen) atoms. The molecule has 1 amide bonds. The normalized spacial score (nSPS) is 11.7. The van der Waals surface area contributed by atoms with E-state index < -0.39 is 17.7 Å². The molecule has 0 aliphatic heterocycles. The molecule has 2 aromatic carbocycles. The van der Waals surface area contributed by atoms with Crippen LogP contribution in [0.25, 0.3) is 0 Å². The molecule has 2 aromatic rings. The van der Waals surface area contributed by atoms with Crippen LogP contribution in [-0.4, -0.2) is 18.6 Å². The van der Waals surface area contributed by atoms with Crippen LogP contribution in [0.3, 0.4) is 0 Å². The molecule has 0 spiro atoms. The maximum atomic E-state index is 13.2. The molecule has 0 saturated heterocycles. The monoisotopic (exact) mass is 320 g/mol. The molecular formula is C17H18F2N2O2. The van der Waals surface area contributed by atoms with E-state index in [0.29, 0.717) is 23.7 Å². The Balaban J connectivity index is 2.04. The molecular weight excluding hydrogens is 302 g/mol. The van der Waals surface area contributed by atoms with Gasteiger partial charge in [-0.2, -0.15) is 0 Å². The fourth-order valence-corrected chi connectivity index (χ4v) is 1.99. The van der Waals surface area contributed by atoms with Gasteiger partial charge < -0.3 is 15.4 Å². The Kier molecular flexibility index (Phi) is 5.51. The van der Waals surface area contributed by atoms with Crippen molar-refractivity contribution in [1.82, 2.24) is 0 Å². The van der Waals surface area contributed by atoms with Crippen molar-refractivity contribution >= 4 is 17.3 Å². The molecule has 4 nitrogen and oxygen atoms in total. The number of rotatable bonds is 6. The molecule has 0 saturated carbocycles. The lowest BCUT2D eigenvalue weighted by Crippen LogP contribution is -2.32. The second-order valence-corrected chi connectivity index (χ2v) is 4.91. The first-order chi connectivity index (χ1) is 11.0. The summed E-state index contributed by atoms with van der Waals surface area (Å²) in [6.45, 7) is 3.96. The number of para-hydroxylation sites is 2. The Morgan fingerprint density at radius 2 is 1.91 bits per heavy atom. The van der Waals surface area contributed by atoms with Crippen molar-refractivity contribution in [1.29, 1.82) is 0 Å². The number of carbonyl (C=O) groups excluding carboxylic acids is 1. The molecule has 0 heterocycles. The molecule has 0 aliphatic carbocycles. The van der Waals surface area contributed by atoms with Crippen molar-refractivity contribution in [3.05, 3.63) is 54.1 Å². The lowest BCUT2D eigenvalue weighted by Gasteiger charge is -2.17. The van der Waals surface area contributed by atoms with E-state index in [9.17, 15) is 13.6 Å². The SMILES string of the molecule is CCOc1ccccc1NC(=O)C(C)Nc1ccc(F)c(F)c1. The third kappa shape index (κ3) is 4.42. The minimum atomic E-state index is -0.968. The van der Waals surface area contributed by atoms with Gasteiger partial charge in [-0.15, -0.1) is 0 Å². The number of hydrogen-bond acceptors (Lipinski definition) is 3. The fraction of sp³-hybridized carbons (Fsp3) is 0.235. The summed E-state index contributed by atoms with van der Waals surface area (Å²) in [5.41, 5.74) is 0.878. The van der Waals surface area contributed by atoms with Crippen LogP contribution in [0.1, 0.15) is 13.8 Å². The zero-order valence-electron chi connectivity index (χ0n) is 12.9. The van der Waals surface area contributed by atoms with E-state index in [2.05, 4.69) is 10.6 Å². The summed E-state index contributed by atoms with van der Waals surface area (Å²) in [5.74, 6) is -1.65. The van der Waals surface area contributed by atoms with Crippen molar-refractivity contribution in [3.8, 4) is 5.75 Å². The van der Waals surface area contributed by atoms with Crippen LogP contribution < -0.4 is 15.4 Å². The maximum Gasteiger partial charge on any atom is 0.246 e. The summed E-state index contributed by atoms with van der Waals surface area (Å²) < 4.78 is 31.5. The van der Waals surface area contributed by atoms with Gasteiger partial charge in [-0.1, -0.05) is 12.1 Å².